The number of aryl methyl sites for hydroxylation is 3. The minimum atomic E-state index is 0.645. The Bertz CT molecular complexity index is 622. The van der Waals surface area contributed by atoms with Crippen molar-refractivity contribution >= 4 is 17.5 Å². The molecular formula is C18H26N4. The van der Waals surface area contributed by atoms with Crippen molar-refractivity contribution in [1.82, 2.24) is 9.97 Å². The average Bonchev–Trinajstić information content (AvgIpc) is 2.47. The van der Waals surface area contributed by atoms with Crippen LogP contribution in [0.4, 0.5) is 17.5 Å². The first kappa shape index (κ1) is 16.3. The Labute approximate surface area is 133 Å². The summed E-state index contributed by atoms with van der Waals surface area (Å²) in [4.78, 5) is 9.05. The molecule has 0 radical (unpaired) electrons. The summed E-state index contributed by atoms with van der Waals surface area (Å²) in [6.07, 6.45) is 3.63. The molecule has 0 saturated carbocycles. The van der Waals surface area contributed by atoms with Gasteiger partial charge in [0.15, 0.2) is 0 Å². The molecule has 0 aliphatic carbocycles. The number of benzene rings is 1. The molecule has 22 heavy (non-hydrogen) atoms. The van der Waals surface area contributed by atoms with E-state index >= 15 is 0 Å². The summed E-state index contributed by atoms with van der Waals surface area (Å²) >= 11 is 0. The highest BCUT2D eigenvalue weighted by Crippen LogP contribution is 2.21. The van der Waals surface area contributed by atoms with E-state index in [0.717, 1.165) is 23.7 Å². The molecule has 1 aromatic heterocycles. The van der Waals surface area contributed by atoms with Crippen molar-refractivity contribution in [2.45, 2.75) is 47.0 Å². The quantitative estimate of drug-likeness (QED) is 0.724. The van der Waals surface area contributed by atoms with Crippen LogP contribution in [0.2, 0.25) is 0 Å². The van der Waals surface area contributed by atoms with Gasteiger partial charge in [-0.1, -0.05) is 31.9 Å². The molecule has 0 fully saturated rings. The normalized spacial score (nSPS) is 10.5. The summed E-state index contributed by atoms with van der Waals surface area (Å²) in [5, 5.41) is 6.71. The molecule has 4 heteroatoms. The lowest BCUT2D eigenvalue weighted by molar-refractivity contribution is 0.742. The van der Waals surface area contributed by atoms with E-state index in [0.29, 0.717) is 5.95 Å². The Morgan fingerprint density at radius 1 is 1.00 bits per heavy atom. The third-order valence-corrected chi connectivity index (χ3v) is 3.58. The maximum atomic E-state index is 4.56. The summed E-state index contributed by atoms with van der Waals surface area (Å²) in [6.45, 7) is 9.32. The fraction of sp³-hybridized carbons (Fsp3) is 0.444. The highest BCUT2D eigenvalue weighted by Gasteiger charge is 2.05. The summed E-state index contributed by atoms with van der Waals surface area (Å²) < 4.78 is 0. The fourth-order valence-electron chi connectivity index (χ4n) is 2.30. The lowest BCUT2D eigenvalue weighted by Crippen LogP contribution is -2.07. The van der Waals surface area contributed by atoms with Crippen molar-refractivity contribution in [3.05, 3.63) is 41.1 Å². The molecule has 2 rings (SSSR count). The number of rotatable bonds is 7. The van der Waals surface area contributed by atoms with Gasteiger partial charge in [-0.3, -0.25) is 0 Å². The van der Waals surface area contributed by atoms with Crippen molar-refractivity contribution in [2.24, 2.45) is 0 Å². The van der Waals surface area contributed by atoms with Crippen LogP contribution < -0.4 is 10.6 Å². The number of hydrogen-bond donors (Lipinski definition) is 2. The van der Waals surface area contributed by atoms with Gasteiger partial charge in [0.1, 0.15) is 5.82 Å². The van der Waals surface area contributed by atoms with Crippen LogP contribution in [0.1, 0.15) is 43.0 Å². The van der Waals surface area contributed by atoms with Gasteiger partial charge < -0.3 is 10.6 Å². The molecular weight excluding hydrogens is 272 g/mol. The van der Waals surface area contributed by atoms with Crippen molar-refractivity contribution in [1.29, 1.82) is 0 Å². The molecule has 4 nitrogen and oxygen atoms in total. The van der Waals surface area contributed by atoms with Crippen LogP contribution >= 0.6 is 0 Å². The van der Waals surface area contributed by atoms with Gasteiger partial charge >= 0.3 is 0 Å². The fourth-order valence-corrected chi connectivity index (χ4v) is 2.30. The van der Waals surface area contributed by atoms with Gasteiger partial charge in [-0.2, -0.15) is 4.98 Å². The number of anilines is 3. The van der Waals surface area contributed by atoms with Gasteiger partial charge in [-0.15, -0.1) is 0 Å². The van der Waals surface area contributed by atoms with Crippen LogP contribution in [0.5, 0.6) is 0 Å². The minimum absolute atomic E-state index is 0.645. The monoisotopic (exact) mass is 298 g/mol. The number of nitrogens with zero attached hydrogens (tertiary/aromatic N) is 2. The molecule has 2 aromatic rings. The largest absolute Gasteiger partial charge is 0.370 e. The maximum Gasteiger partial charge on any atom is 0.229 e. The predicted molar refractivity (Wildman–Crippen MR) is 94.0 cm³/mol. The molecule has 0 spiro atoms. The highest BCUT2D eigenvalue weighted by molar-refractivity contribution is 5.60. The zero-order chi connectivity index (χ0) is 15.9. The maximum absolute atomic E-state index is 4.56. The summed E-state index contributed by atoms with van der Waals surface area (Å²) in [5.41, 5.74) is 4.43. The van der Waals surface area contributed by atoms with Gasteiger partial charge in [0, 0.05) is 24.0 Å². The molecule has 1 heterocycles. The van der Waals surface area contributed by atoms with Gasteiger partial charge in [0.25, 0.3) is 0 Å². The first-order chi connectivity index (χ1) is 10.6. The standard InChI is InChI=1S/C18H26N4/c1-5-6-7-10-19-17-12-15(4)20-18(22-17)21-16-11-13(2)8-9-14(16)3/h8-9,11-12H,5-7,10H2,1-4H3,(H2,19,20,21,22). The number of unbranched alkanes of at least 4 members (excludes halogenated alkanes) is 2. The van der Waals surface area contributed by atoms with Crippen LogP contribution in [0, 0.1) is 20.8 Å². The molecule has 0 saturated heterocycles. The van der Waals surface area contributed by atoms with E-state index < -0.39 is 0 Å². The first-order valence-corrected chi connectivity index (χ1v) is 8.02. The molecule has 1 aromatic carbocycles. The third kappa shape index (κ3) is 4.72. The molecule has 0 aliphatic heterocycles. The van der Waals surface area contributed by atoms with Crippen LogP contribution in [0.25, 0.3) is 0 Å². The van der Waals surface area contributed by atoms with Crippen LogP contribution in [-0.2, 0) is 0 Å². The van der Waals surface area contributed by atoms with Crippen LogP contribution in [0.15, 0.2) is 24.3 Å². The summed E-state index contributed by atoms with van der Waals surface area (Å²) in [7, 11) is 0. The second-order valence-electron chi connectivity index (χ2n) is 5.80. The van der Waals surface area contributed by atoms with E-state index in [9.17, 15) is 0 Å². The molecule has 118 valence electrons. The third-order valence-electron chi connectivity index (χ3n) is 3.58. The Kier molecular flexibility index (Phi) is 5.75. The van der Waals surface area contributed by atoms with Crippen LogP contribution in [-0.4, -0.2) is 16.5 Å². The SMILES string of the molecule is CCCCCNc1cc(C)nc(Nc2cc(C)ccc2C)n1. The first-order valence-electron chi connectivity index (χ1n) is 8.02. The van der Waals surface area contributed by atoms with E-state index in [2.05, 4.69) is 59.6 Å². The summed E-state index contributed by atoms with van der Waals surface area (Å²) in [5.74, 6) is 1.53. The van der Waals surface area contributed by atoms with Gasteiger partial charge in [-0.25, -0.2) is 4.98 Å². The minimum Gasteiger partial charge on any atom is -0.370 e. The number of hydrogen-bond acceptors (Lipinski definition) is 4. The van der Waals surface area contributed by atoms with E-state index in [1.54, 1.807) is 0 Å². The van der Waals surface area contributed by atoms with Gasteiger partial charge in [0.05, 0.1) is 0 Å². The smallest absolute Gasteiger partial charge is 0.229 e. The van der Waals surface area contributed by atoms with Crippen LogP contribution in [0.3, 0.4) is 0 Å². The second-order valence-corrected chi connectivity index (χ2v) is 5.80. The van der Waals surface area contributed by atoms with Crippen molar-refractivity contribution in [3.63, 3.8) is 0 Å². The lowest BCUT2D eigenvalue weighted by Gasteiger charge is -2.12. The summed E-state index contributed by atoms with van der Waals surface area (Å²) in [6, 6.07) is 8.32. The second kappa shape index (κ2) is 7.78. The number of nitrogens with one attached hydrogen (secondary N) is 2. The number of aromatic nitrogens is 2. The predicted octanol–water partition coefficient (Wildman–Crippen LogP) is 4.75. The molecule has 2 N–H and O–H groups in total. The zero-order valence-corrected chi connectivity index (χ0v) is 14.0. The van der Waals surface area contributed by atoms with Crippen molar-refractivity contribution in [3.8, 4) is 0 Å². The van der Waals surface area contributed by atoms with Gasteiger partial charge in [0.2, 0.25) is 5.95 Å². The Hall–Kier alpha value is -2.10. The Morgan fingerprint density at radius 3 is 2.59 bits per heavy atom. The Morgan fingerprint density at radius 2 is 1.82 bits per heavy atom. The van der Waals surface area contributed by atoms with Crippen molar-refractivity contribution < 1.29 is 0 Å². The highest BCUT2D eigenvalue weighted by atomic mass is 15.1. The Balaban J connectivity index is 2.10. The van der Waals surface area contributed by atoms with E-state index in [-0.39, 0.29) is 0 Å². The molecule has 0 amide bonds. The zero-order valence-electron chi connectivity index (χ0n) is 14.0. The van der Waals surface area contributed by atoms with E-state index in [1.807, 2.05) is 13.0 Å². The van der Waals surface area contributed by atoms with Gasteiger partial charge in [-0.05, 0) is 44.4 Å². The molecule has 0 atom stereocenters. The molecule has 0 unspecified atom stereocenters. The van der Waals surface area contributed by atoms with E-state index in [1.165, 1.54) is 30.4 Å². The lowest BCUT2D eigenvalue weighted by atomic mass is 10.1. The van der Waals surface area contributed by atoms with Crippen molar-refractivity contribution in [2.75, 3.05) is 17.2 Å². The topological polar surface area (TPSA) is 49.8 Å². The average molecular weight is 298 g/mol. The van der Waals surface area contributed by atoms with E-state index in [4.69, 9.17) is 0 Å². The molecule has 0 bridgehead atoms. The molecule has 0 aliphatic rings.